The molecule has 1 amide bonds. The van der Waals surface area contributed by atoms with Gasteiger partial charge >= 0.3 is 0 Å². The highest BCUT2D eigenvalue weighted by Crippen LogP contribution is 2.29. The van der Waals surface area contributed by atoms with E-state index < -0.39 is 5.91 Å². The van der Waals surface area contributed by atoms with E-state index in [1.165, 1.54) is 0 Å². The van der Waals surface area contributed by atoms with E-state index in [-0.39, 0.29) is 0 Å². The van der Waals surface area contributed by atoms with Crippen molar-refractivity contribution < 1.29 is 9.53 Å². The quantitative estimate of drug-likeness (QED) is 0.516. The van der Waals surface area contributed by atoms with Crippen LogP contribution in [0.3, 0.4) is 0 Å². The lowest BCUT2D eigenvalue weighted by Gasteiger charge is -2.08. The van der Waals surface area contributed by atoms with Crippen molar-refractivity contribution in [2.45, 2.75) is 6.61 Å². The van der Waals surface area contributed by atoms with Crippen LogP contribution in [0.1, 0.15) is 21.5 Å². The van der Waals surface area contributed by atoms with Crippen molar-refractivity contribution in [3.8, 4) is 28.6 Å². The minimum atomic E-state index is -0.472. The van der Waals surface area contributed by atoms with Crippen LogP contribution in [0.25, 0.3) is 16.8 Å². The Morgan fingerprint density at radius 3 is 2.43 bits per heavy atom. The van der Waals surface area contributed by atoms with Crippen molar-refractivity contribution in [2.75, 3.05) is 0 Å². The molecule has 5 heteroatoms. The average molecular weight is 393 g/mol. The minimum absolute atomic E-state index is 0.440. The van der Waals surface area contributed by atoms with Crippen molar-refractivity contribution in [3.05, 3.63) is 108 Å². The van der Waals surface area contributed by atoms with Crippen molar-refractivity contribution >= 4 is 5.91 Å². The number of ether oxygens (including phenoxy) is 1. The van der Waals surface area contributed by atoms with Crippen molar-refractivity contribution in [1.29, 1.82) is 5.26 Å². The maximum Gasteiger partial charge on any atom is 0.248 e. The van der Waals surface area contributed by atoms with Crippen LogP contribution in [0.5, 0.6) is 5.75 Å². The molecule has 0 atom stereocenters. The molecule has 4 aromatic rings. The summed E-state index contributed by atoms with van der Waals surface area (Å²) in [5.74, 6) is 0.263. The van der Waals surface area contributed by atoms with E-state index in [1.807, 2.05) is 65.4 Å². The Kier molecular flexibility index (Phi) is 5.31. The Morgan fingerprint density at radius 1 is 0.967 bits per heavy atom. The highest BCUT2D eigenvalue weighted by Gasteiger charge is 2.11. The molecule has 1 aromatic heterocycles. The summed E-state index contributed by atoms with van der Waals surface area (Å²) in [5, 5.41) is 9.62. The number of hydrogen-bond acceptors (Lipinski definition) is 3. The van der Waals surface area contributed by atoms with Crippen LogP contribution < -0.4 is 10.5 Å². The molecule has 0 aliphatic carbocycles. The third kappa shape index (κ3) is 4.08. The van der Waals surface area contributed by atoms with E-state index in [1.54, 1.807) is 30.5 Å². The summed E-state index contributed by atoms with van der Waals surface area (Å²) >= 11 is 0. The van der Waals surface area contributed by atoms with Gasteiger partial charge in [-0.1, -0.05) is 42.5 Å². The fourth-order valence-electron chi connectivity index (χ4n) is 3.21. The molecule has 0 saturated heterocycles. The van der Waals surface area contributed by atoms with Crippen LogP contribution in [0.2, 0.25) is 0 Å². The van der Waals surface area contributed by atoms with E-state index in [0.29, 0.717) is 17.7 Å². The van der Waals surface area contributed by atoms with Crippen LogP contribution in [-0.2, 0) is 6.61 Å². The van der Waals surface area contributed by atoms with Crippen LogP contribution >= 0.6 is 0 Å². The van der Waals surface area contributed by atoms with Crippen LogP contribution in [-0.4, -0.2) is 10.5 Å². The molecule has 1 heterocycles. The number of benzene rings is 3. The molecular formula is C25H19N3O2. The van der Waals surface area contributed by atoms with Gasteiger partial charge < -0.3 is 15.0 Å². The number of amides is 1. The zero-order valence-corrected chi connectivity index (χ0v) is 16.2. The van der Waals surface area contributed by atoms with E-state index in [2.05, 4.69) is 6.07 Å². The number of nitriles is 1. The second-order valence-electron chi connectivity index (χ2n) is 6.82. The molecule has 0 fully saturated rings. The van der Waals surface area contributed by atoms with Gasteiger partial charge in [0.25, 0.3) is 0 Å². The molecule has 0 spiro atoms. The van der Waals surface area contributed by atoms with E-state index in [0.717, 1.165) is 28.1 Å². The smallest absolute Gasteiger partial charge is 0.248 e. The molecule has 5 nitrogen and oxygen atoms in total. The summed E-state index contributed by atoms with van der Waals surface area (Å²) in [6.07, 6.45) is 3.67. The molecule has 0 bridgehead atoms. The normalized spacial score (nSPS) is 10.4. The van der Waals surface area contributed by atoms with E-state index in [9.17, 15) is 10.1 Å². The van der Waals surface area contributed by atoms with Crippen LogP contribution in [0.15, 0.2) is 91.3 Å². The fraction of sp³-hybridized carbons (Fsp3) is 0.0400. The van der Waals surface area contributed by atoms with Gasteiger partial charge in [-0.25, -0.2) is 0 Å². The number of carbonyl (C=O) groups excluding carboxylic acids is 1. The summed E-state index contributed by atoms with van der Waals surface area (Å²) in [6.45, 7) is 0.475. The molecule has 0 radical (unpaired) electrons. The zero-order chi connectivity index (χ0) is 20.9. The van der Waals surface area contributed by atoms with Gasteiger partial charge in [0, 0.05) is 29.2 Å². The third-order valence-electron chi connectivity index (χ3n) is 4.79. The topological polar surface area (TPSA) is 81.0 Å². The molecule has 0 saturated carbocycles. The van der Waals surface area contributed by atoms with E-state index >= 15 is 0 Å². The standard InChI is InChI=1S/C25H19N3O2/c26-14-21-15-28(22-11-9-19(10-12-22)25(27)29)16-24(21)20-7-4-8-23(13-20)30-17-18-5-2-1-3-6-18/h1-13,15-16H,17H2,(H2,27,29). The highest BCUT2D eigenvalue weighted by atomic mass is 16.5. The predicted octanol–water partition coefficient (Wildman–Crippen LogP) is 4.69. The van der Waals surface area contributed by atoms with Gasteiger partial charge in [-0.05, 0) is 47.5 Å². The first-order valence-electron chi connectivity index (χ1n) is 9.43. The monoisotopic (exact) mass is 393 g/mol. The number of primary amides is 1. The molecule has 3 aromatic carbocycles. The summed E-state index contributed by atoms with van der Waals surface area (Å²) in [7, 11) is 0. The summed E-state index contributed by atoms with van der Waals surface area (Å²) in [5.41, 5.74) is 9.92. The van der Waals surface area contributed by atoms with Crippen LogP contribution in [0, 0.1) is 11.3 Å². The SMILES string of the molecule is N#Cc1cn(-c2ccc(C(N)=O)cc2)cc1-c1cccc(OCc2ccccc2)c1. The van der Waals surface area contributed by atoms with Crippen molar-refractivity contribution in [2.24, 2.45) is 5.73 Å². The Morgan fingerprint density at radius 2 is 1.73 bits per heavy atom. The molecule has 0 aliphatic rings. The largest absolute Gasteiger partial charge is 0.489 e. The van der Waals surface area contributed by atoms with Gasteiger partial charge in [0.05, 0.1) is 5.56 Å². The highest BCUT2D eigenvalue weighted by molar-refractivity contribution is 5.92. The lowest BCUT2D eigenvalue weighted by Crippen LogP contribution is -2.10. The number of nitrogens with two attached hydrogens (primary N) is 1. The number of nitrogens with zero attached hydrogens (tertiary/aromatic N) is 2. The molecule has 4 rings (SSSR count). The van der Waals surface area contributed by atoms with Gasteiger partial charge in [0.15, 0.2) is 0 Å². The third-order valence-corrected chi connectivity index (χ3v) is 4.79. The summed E-state index contributed by atoms with van der Waals surface area (Å²) in [6, 6.07) is 26.8. The first-order chi connectivity index (χ1) is 14.6. The number of rotatable bonds is 6. The first kappa shape index (κ1) is 19.0. The first-order valence-corrected chi connectivity index (χ1v) is 9.43. The second-order valence-corrected chi connectivity index (χ2v) is 6.82. The molecule has 146 valence electrons. The fourth-order valence-corrected chi connectivity index (χ4v) is 3.21. The van der Waals surface area contributed by atoms with Crippen molar-refractivity contribution in [3.63, 3.8) is 0 Å². The maximum atomic E-state index is 11.3. The summed E-state index contributed by atoms with van der Waals surface area (Å²) < 4.78 is 7.78. The molecule has 0 unspecified atom stereocenters. The molecule has 0 aliphatic heterocycles. The maximum absolute atomic E-state index is 11.3. The van der Waals surface area contributed by atoms with Crippen LogP contribution in [0.4, 0.5) is 0 Å². The predicted molar refractivity (Wildman–Crippen MR) is 115 cm³/mol. The second kappa shape index (κ2) is 8.38. The van der Waals surface area contributed by atoms with E-state index in [4.69, 9.17) is 10.5 Å². The Balaban J connectivity index is 1.61. The Labute approximate surface area is 174 Å². The van der Waals surface area contributed by atoms with Gasteiger partial charge in [-0.15, -0.1) is 0 Å². The minimum Gasteiger partial charge on any atom is -0.489 e. The molecular weight excluding hydrogens is 374 g/mol. The van der Waals surface area contributed by atoms with Crippen molar-refractivity contribution in [1.82, 2.24) is 4.57 Å². The summed E-state index contributed by atoms with van der Waals surface area (Å²) in [4.78, 5) is 11.3. The number of carbonyl (C=O) groups is 1. The molecule has 30 heavy (non-hydrogen) atoms. The zero-order valence-electron chi connectivity index (χ0n) is 16.2. The lowest BCUT2D eigenvalue weighted by molar-refractivity contribution is 0.100. The number of hydrogen-bond donors (Lipinski definition) is 1. The van der Waals surface area contributed by atoms with Gasteiger partial charge in [-0.2, -0.15) is 5.26 Å². The molecule has 2 N–H and O–H groups in total. The Hall–Kier alpha value is -4.30. The lowest BCUT2D eigenvalue weighted by atomic mass is 10.1. The van der Waals surface area contributed by atoms with Gasteiger partial charge in [0.2, 0.25) is 5.91 Å². The Bertz CT molecular complexity index is 1220. The number of aromatic nitrogens is 1. The van der Waals surface area contributed by atoms with Gasteiger partial charge in [-0.3, -0.25) is 4.79 Å². The van der Waals surface area contributed by atoms with Gasteiger partial charge in [0.1, 0.15) is 18.4 Å². The average Bonchev–Trinajstić information content (AvgIpc) is 3.23.